The summed E-state index contributed by atoms with van der Waals surface area (Å²) in [5, 5.41) is 6.70. The van der Waals surface area contributed by atoms with Crippen molar-refractivity contribution in [2.45, 2.75) is 6.42 Å². The number of hydrogen-bond acceptors (Lipinski definition) is 4. The Morgan fingerprint density at radius 1 is 1.04 bits per heavy atom. The average molecular weight is 354 g/mol. The van der Waals surface area contributed by atoms with Crippen LogP contribution in [-0.4, -0.2) is 46.5 Å². The number of anilines is 1. The summed E-state index contributed by atoms with van der Waals surface area (Å²) in [7, 11) is 3.88. The number of nitrogens with one attached hydrogen (secondary N) is 2. The van der Waals surface area contributed by atoms with Gasteiger partial charge in [0.1, 0.15) is 0 Å². The van der Waals surface area contributed by atoms with E-state index < -0.39 is 0 Å². The highest BCUT2D eigenvalue weighted by Crippen LogP contribution is 2.32. The van der Waals surface area contributed by atoms with Crippen LogP contribution in [0.2, 0.25) is 0 Å². The van der Waals surface area contributed by atoms with Gasteiger partial charge in [0.2, 0.25) is 6.79 Å². The van der Waals surface area contributed by atoms with Crippen molar-refractivity contribution in [1.29, 1.82) is 0 Å². The lowest BCUT2D eigenvalue weighted by Gasteiger charge is -2.20. The van der Waals surface area contributed by atoms with E-state index in [4.69, 9.17) is 9.47 Å². The summed E-state index contributed by atoms with van der Waals surface area (Å²) in [4.78, 5) is 6.49. The smallest absolute Gasteiger partial charge is 0.231 e. The van der Waals surface area contributed by atoms with Crippen LogP contribution in [0.1, 0.15) is 5.56 Å². The summed E-state index contributed by atoms with van der Waals surface area (Å²) in [5.74, 6) is 2.46. The molecule has 1 aliphatic rings. The Morgan fingerprint density at radius 3 is 2.62 bits per heavy atom. The van der Waals surface area contributed by atoms with Crippen LogP contribution in [0.15, 0.2) is 53.5 Å². The average Bonchev–Trinajstić information content (AvgIpc) is 3.15. The van der Waals surface area contributed by atoms with Gasteiger partial charge in [0.15, 0.2) is 17.5 Å². The van der Waals surface area contributed by atoms with Gasteiger partial charge in [-0.3, -0.25) is 4.99 Å². The molecule has 0 aliphatic carbocycles. The molecule has 2 aromatic rings. The van der Waals surface area contributed by atoms with Crippen LogP contribution in [0.4, 0.5) is 5.69 Å². The van der Waals surface area contributed by atoms with Crippen LogP contribution in [0.5, 0.6) is 11.5 Å². The van der Waals surface area contributed by atoms with Crippen molar-refractivity contribution in [2.75, 3.05) is 45.4 Å². The molecule has 6 nitrogen and oxygen atoms in total. The van der Waals surface area contributed by atoms with E-state index in [0.29, 0.717) is 6.79 Å². The number of hydrogen-bond donors (Lipinski definition) is 2. The molecule has 0 radical (unpaired) electrons. The lowest BCUT2D eigenvalue weighted by molar-refractivity contribution is 0.174. The molecule has 0 saturated carbocycles. The van der Waals surface area contributed by atoms with Gasteiger partial charge in [-0.15, -0.1) is 0 Å². The molecule has 1 heterocycles. The number of guanidine groups is 1. The van der Waals surface area contributed by atoms with E-state index in [9.17, 15) is 0 Å². The number of para-hydroxylation sites is 1. The van der Waals surface area contributed by atoms with Gasteiger partial charge in [-0.05, 0) is 36.2 Å². The summed E-state index contributed by atoms with van der Waals surface area (Å²) in [6.45, 7) is 2.82. The minimum atomic E-state index is 0.311. The highest BCUT2D eigenvalue weighted by Gasteiger charge is 2.12. The van der Waals surface area contributed by atoms with E-state index in [1.807, 2.05) is 18.2 Å². The molecule has 0 bridgehead atoms. The predicted octanol–water partition coefficient (Wildman–Crippen LogP) is 2.26. The van der Waals surface area contributed by atoms with Gasteiger partial charge < -0.3 is 25.0 Å². The van der Waals surface area contributed by atoms with E-state index in [2.05, 4.69) is 57.9 Å². The molecular formula is C20H26N4O2. The van der Waals surface area contributed by atoms with Crippen LogP contribution in [0.3, 0.4) is 0 Å². The Bertz CT molecular complexity index is 734. The molecular weight excluding hydrogens is 328 g/mol. The Balaban J connectivity index is 1.38. The second-order valence-corrected chi connectivity index (χ2v) is 6.12. The van der Waals surface area contributed by atoms with Crippen LogP contribution < -0.4 is 25.0 Å². The molecule has 0 aromatic heterocycles. The van der Waals surface area contributed by atoms with E-state index in [1.165, 1.54) is 11.3 Å². The van der Waals surface area contributed by atoms with Crippen molar-refractivity contribution in [3.63, 3.8) is 0 Å². The lowest BCUT2D eigenvalue weighted by Crippen LogP contribution is -2.41. The first-order valence-electron chi connectivity index (χ1n) is 8.85. The molecule has 0 unspecified atom stereocenters. The Labute approximate surface area is 154 Å². The van der Waals surface area contributed by atoms with Gasteiger partial charge >= 0.3 is 0 Å². The number of ether oxygens (including phenoxy) is 2. The van der Waals surface area contributed by atoms with Crippen molar-refractivity contribution in [1.82, 2.24) is 10.6 Å². The number of aliphatic imine (C=N–C) groups is 1. The summed E-state index contributed by atoms with van der Waals surface area (Å²) in [6.07, 6.45) is 0.890. The first-order chi connectivity index (χ1) is 12.8. The molecule has 0 atom stereocenters. The second-order valence-electron chi connectivity index (χ2n) is 6.12. The van der Waals surface area contributed by atoms with Crippen LogP contribution in [0.25, 0.3) is 0 Å². The number of likely N-dealkylation sites (N-methyl/N-ethyl adjacent to an activating group) is 1. The highest BCUT2D eigenvalue weighted by molar-refractivity contribution is 5.79. The molecule has 1 aliphatic heterocycles. The SMILES string of the molecule is CN=C(NCCc1ccc2c(c1)OCO2)NCCN(C)c1ccccc1. The number of fused-ring (bicyclic) bond motifs is 1. The monoisotopic (exact) mass is 354 g/mol. The predicted molar refractivity (Wildman–Crippen MR) is 105 cm³/mol. The number of benzene rings is 2. The fourth-order valence-electron chi connectivity index (χ4n) is 2.80. The molecule has 0 saturated heterocycles. The van der Waals surface area contributed by atoms with Gasteiger partial charge in [0, 0.05) is 39.4 Å². The van der Waals surface area contributed by atoms with Gasteiger partial charge in [-0.1, -0.05) is 24.3 Å². The second kappa shape index (κ2) is 8.99. The van der Waals surface area contributed by atoms with Gasteiger partial charge in [-0.2, -0.15) is 0 Å². The van der Waals surface area contributed by atoms with E-state index in [1.54, 1.807) is 7.05 Å². The Morgan fingerprint density at radius 2 is 1.81 bits per heavy atom. The van der Waals surface area contributed by atoms with Crippen LogP contribution in [-0.2, 0) is 6.42 Å². The quantitative estimate of drug-likeness (QED) is 0.590. The first-order valence-corrected chi connectivity index (χ1v) is 8.85. The zero-order chi connectivity index (χ0) is 18.2. The molecule has 2 N–H and O–H groups in total. The Hall–Kier alpha value is -2.89. The summed E-state index contributed by atoms with van der Waals surface area (Å²) >= 11 is 0. The standard InChI is InChI=1S/C20H26N4O2/c1-21-20(23-12-13-24(2)17-6-4-3-5-7-17)22-11-10-16-8-9-18-19(14-16)26-15-25-18/h3-9,14H,10-13,15H2,1-2H3,(H2,21,22,23). The van der Waals surface area contributed by atoms with Gasteiger partial charge in [-0.25, -0.2) is 0 Å². The minimum absolute atomic E-state index is 0.311. The molecule has 6 heteroatoms. The molecule has 0 spiro atoms. The van der Waals surface area contributed by atoms with Gasteiger partial charge in [0.25, 0.3) is 0 Å². The third-order valence-corrected chi connectivity index (χ3v) is 4.30. The molecule has 3 rings (SSSR count). The van der Waals surface area contributed by atoms with Crippen LogP contribution >= 0.6 is 0 Å². The first kappa shape index (κ1) is 17.9. The van der Waals surface area contributed by atoms with E-state index in [0.717, 1.165) is 43.5 Å². The van der Waals surface area contributed by atoms with Crippen molar-refractivity contribution >= 4 is 11.6 Å². The third-order valence-electron chi connectivity index (χ3n) is 4.30. The zero-order valence-corrected chi connectivity index (χ0v) is 15.4. The summed E-state index contributed by atoms with van der Waals surface area (Å²) < 4.78 is 10.8. The van der Waals surface area contributed by atoms with Crippen LogP contribution in [0, 0.1) is 0 Å². The number of rotatable bonds is 7. The van der Waals surface area contributed by atoms with Crippen molar-refractivity contribution in [2.24, 2.45) is 4.99 Å². The number of nitrogens with zero attached hydrogens (tertiary/aromatic N) is 2. The van der Waals surface area contributed by atoms with Crippen molar-refractivity contribution < 1.29 is 9.47 Å². The maximum absolute atomic E-state index is 5.42. The third kappa shape index (κ3) is 4.81. The lowest BCUT2D eigenvalue weighted by atomic mass is 10.1. The maximum atomic E-state index is 5.42. The molecule has 26 heavy (non-hydrogen) atoms. The largest absolute Gasteiger partial charge is 0.454 e. The van der Waals surface area contributed by atoms with Gasteiger partial charge in [0.05, 0.1) is 0 Å². The topological polar surface area (TPSA) is 58.1 Å². The highest BCUT2D eigenvalue weighted by atomic mass is 16.7. The molecule has 2 aromatic carbocycles. The molecule has 138 valence electrons. The van der Waals surface area contributed by atoms with E-state index in [-0.39, 0.29) is 0 Å². The molecule has 0 fully saturated rings. The summed E-state index contributed by atoms with van der Waals surface area (Å²) in [5.41, 5.74) is 2.42. The molecule has 0 amide bonds. The summed E-state index contributed by atoms with van der Waals surface area (Å²) in [6, 6.07) is 16.4. The Kier molecular flexibility index (Phi) is 6.19. The fraction of sp³-hybridized carbons (Fsp3) is 0.350. The maximum Gasteiger partial charge on any atom is 0.231 e. The zero-order valence-electron chi connectivity index (χ0n) is 15.4. The van der Waals surface area contributed by atoms with Crippen molar-refractivity contribution in [3.05, 3.63) is 54.1 Å². The minimum Gasteiger partial charge on any atom is -0.454 e. The fourth-order valence-corrected chi connectivity index (χ4v) is 2.80. The van der Waals surface area contributed by atoms with Crippen molar-refractivity contribution in [3.8, 4) is 11.5 Å². The van der Waals surface area contributed by atoms with E-state index >= 15 is 0 Å². The normalized spacial score (nSPS) is 12.8.